The van der Waals surface area contributed by atoms with Crippen LogP contribution in [-0.4, -0.2) is 30.1 Å². The lowest BCUT2D eigenvalue weighted by Crippen LogP contribution is -2.38. The van der Waals surface area contributed by atoms with Crippen LogP contribution < -0.4 is 4.90 Å². The second kappa shape index (κ2) is 7.98. The molecule has 6 heteroatoms. The summed E-state index contributed by atoms with van der Waals surface area (Å²) in [5.74, 6) is -0.919. The van der Waals surface area contributed by atoms with Gasteiger partial charge in [-0.25, -0.2) is 9.37 Å². The van der Waals surface area contributed by atoms with Gasteiger partial charge >= 0.3 is 0 Å². The maximum absolute atomic E-state index is 14.2. The van der Waals surface area contributed by atoms with Crippen molar-refractivity contribution in [3.05, 3.63) is 71.4 Å². The number of amides is 1. The van der Waals surface area contributed by atoms with Crippen LogP contribution in [0.4, 0.5) is 9.52 Å². The normalized spacial score (nSPS) is 16.4. The maximum atomic E-state index is 14.2. The van der Waals surface area contributed by atoms with Crippen LogP contribution in [-0.2, 0) is 4.74 Å². The molecule has 1 aliphatic rings. The van der Waals surface area contributed by atoms with Crippen LogP contribution in [0, 0.1) is 5.82 Å². The Morgan fingerprint density at radius 3 is 2.70 bits per heavy atom. The lowest BCUT2D eigenvalue weighted by Gasteiger charge is -2.23. The number of carbonyl (C=O) groups excluding carboxylic acids is 1. The second-order valence-electron chi connectivity index (χ2n) is 6.41. The van der Waals surface area contributed by atoms with Crippen LogP contribution >= 0.6 is 11.3 Å². The SMILES string of the molecule is O=C(c1ccccc1F)N(CC1CCCO1)c1nc(-c2ccccc2)cs1. The topological polar surface area (TPSA) is 42.4 Å². The lowest BCUT2D eigenvalue weighted by molar-refractivity contribution is 0.0914. The van der Waals surface area contributed by atoms with Crippen molar-refractivity contribution in [1.29, 1.82) is 0 Å². The van der Waals surface area contributed by atoms with Gasteiger partial charge in [0.05, 0.1) is 23.9 Å². The standard InChI is InChI=1S/C21H19FN2O2S/c22-18-11-5-4-10-17(18)20(25)24(13-16-9-6-12-26-16)21-23-19(14-27-21)15-7-2-1-3-8-15/h1-5,7-8,10-11,14,16H,6,9,12-13H2. The molecule has 0 saturated carbocycles. The number of ether oxygens (including phenoxy) is 1. The van der Waals surface area contributed by atoms with E-state index in [1.807, 2.05) is 35.7 Å². The van der Waals surface area contributed by atoms with Gasteiger partial charge in [0.2, 0.25) is 0 Å². The molecule has 0 radical (unpaired) electrons. The van der Waals surface area contributed by atoms with Gasteiger partial charge < -0.3 is 4.74 Å². The van der Waals surface area contributed by atoms with E-state index in [9.17, 15) is 9.18 Å². The quantitative estimate of drug-likeness (QED) is 0.638. The average Bonchev–Trinajstić information content (AvgIpc) is 3.39. The molecule has 3 aromatic rings. The minimum Gasteiger partial charge on any atom is -0.376 e. The molecule has 138 valence electrons. The zero-order valence-corrected chi connectivity index (χ0v) is 15.5. The molecule has 2 aromatic carbocycles. The van der Waals surface area contributed by atoms with E-state index < -0.39 is 11.7 Å². The fraction of sp³-hybridized carbons (Fsp3) is 0.238. The minimum atomic E-state index is -0.528. The molecule has 0 bridgehead atoms. The summed E-state index contributed by atoms with van der Waals surface area (Å²) in [5.41, 5.74) is 1.83. The van der Waals surface area contributed by atoms with Crippen molar-refractivity contribution >= 4 is 22.4 Å². The van der Waals surface area contributed by atoms with E-state index >= 15 is 0 Å². The van der Waals surface area contributed by atoms with Gasteiger partial charge in [0, 0.05) is 17.6 Å². The predicted octanol–water partition coefficient (Wildman–Crippen LogP) is 4.78. The third-order valence-electron chi connectivity index (χ3n) is 4.55. The third-order valence-corrected chi connectivity index (χ3v) is 5.42. The first-order valence-electron chi connectivity index (χ1n) is 8.91. The fourth-order valence-corrected chi connectivity index (χ4v) is 3.99. The van der Waals surface area contributed by atoms with Gasteiger partial charge in [-0.3, -0.25) is 9.69 Å². The summed E-state index contributed by atoms with van der Waals surface area (Å²) in [6, 6.07) is 15.8. The summed E-state index contributed by atoms with van der Waals surface area (Å²) in [4.78, 5) is 19.3. The molecule has 0 N–H and O–H groups in total. The lowest BCUT2D eigenvalue weighted by atomic mass is 10.1. The van der Waals surface area contributed by atoms with E-state index in [0.29, 0.717) is 18.3 Å². The Morgan fingerprint density at radius 1 is 1.19 bits per heavy atom. The average molecular weight is 382 g/mol. The van der Waals surface area contributed by atoms with Gasteiger partial charge in [-0.1, -0.05) is 42.5 Å². The highest BCUT2D eigenvalue weighted by Crippen LogP contribution is 2.30. The molecular weight excluding hydrogens is 363 g/mol. The largest absolute Gasteiger partial charge is 0.376 e. The summed E-state index contributed by atoms with van der Waals surface area (Å²) >= 11 is 1.38. The Balaban J connectivity index is 1.67. The van der Waals surface area contributed by atoms with Crippen LogP contribution in [0.2, 0.25) is 0 Å². The number of thiazole rings is 1. The zero-order valence-electron chi connectivity index (χ0n) is 14.7. The number of hydrogen-bond acceptors (Lipinski definition) is 4. The number of nitrogens with zero attached hydrogens (tertiary/aromatic N) is 2. The van der Waals surface area contributed by atoms with E-state index in [1.165, 1.54) is 23.5 Å². The van der Waals surface area contributed by atoms with Crippen molar-refractivity contribution in [3.8, 4) is 11.3 Å². The molecular formula is C21H19FN2O2S. The summed E-state index contributed by atoms with van der Waals surface area (Å²) in [7, 11) is 0. The summed E-state index contributed by atoms with van der Waals surface area (Å²) < 4.78 is 19.9. The Labute approximate surface area is 161 Å². The maximum Gasteiger partial charge on any atom is 0.263 e. The number of aromatic nitrogens is 1. The van der Waals surface area contributed by atoms with Crippen LogP contribution in [0.3, 0.4) is 0 Å². The number of rotatable bonds is 5. The molecule has 1 aromatic heterocycles. The van der Waals surface area contributed by atoms with E-state index in [-0.39, 0.29) is 11.7 Å². The number of anilines is 1. The van der Waals surface area contributed by atoms with E-state index in [0.717, 1.165) is 24.1 Å². The number of carbonyl (C=O) groups is 1. The molecule has 1 atom stereocenters. The molecule has 0 spiro atoms. The molecule has 1 saturated heterocycles. The van der Waals surface area contributed by atoms with Crippen molar-refractivity contribution in [1.82, 2.24) is 4.98 Å². The highest BCUT2D eigenvalue weighted by molar-refractivity contribution is 7.14. The number of hydrogen-bond donors (Lipinski definition) is 0. The zero-order chi connectivity index (χ0) is 18.6. The summed E-state index contributed by atoms with van der Waals surface area (Å²) in [5, 5.41) is 2.47. The van der Waals surface area contributed by atoms with Crippen molar-refractivity contribution in [2.75, 3.05) is 18.1 Å². The number of halogens is 1. The van der Waals surface area contributed by atoms with Crippen LogP contribution in [0.25, 0.3) is 11.3 Å². The van der Waals surface area contributed by atoms with Gasteiger partial charge in [0.15, 0.2) is 5.13 Å². The van der Waals surface area contributed by atoms with Gasteiger partial charge in [0.1, 0.15) is 5.82 Å². The molecule has 2 heterocycles. The van der Waals surface area contributed by atoms with Gasteiger partial charge in [-0.2, -0.15) is 0 Å². The Bertz CT molecular complexity index is 923. The third kappa shape index (κ3) is 3.91. The van der Waals surface area contributed by atoms with Gasteiger partial charge in [0.25, 0.3) is 5.91 Å². The van der Waals surface area contributed by atoms with Gasteiger partial charge in [-0.05, 0) is 25.0 Å². The Hall–Kier alpha value is -2.57. The minimum absolute atomic E-state index is 0.0481. The first kappa shape index (κ1) is 17.8. The van der Waals surface area contributed by atoms with Crippen LogP contribution in [0.5, 0.6) is 0 Å². The Kier molecular flexibility index (Phi) is 5.27. The highest BCUT2D eigenvalue weighted by Gasteiger charge is 2.28. The fourth-order valence-electron chi connectivity index (χ4n) is 3.15. The van der Waals surface area contributed by atoms with Crippen molar-refractivity contribution < 1.29 is 13.9 Å². The first-order valence-corrected chi connectivity index (χ1v) is 9.79. The van der Waals surface area contributed by atoms with Crippen molar-refractivity contribution in [2.45, 2.75) is 18.9 Å². The predicted molar refractivity (Wildman–Crippen MR) is 105 cm³/mol. The molecule has 4 nitrogen and oxygen atoms in total. The van der Waals surface area contributed by atoms with Crippen molar-refractivity contribution in [2.24, 2.45) is 0 Å². The molecule has 0 aliphatic carbocycles. The monoisotopic (exact) mass is 382 g/mol. The molecule has 1 unspecified atom stereocenters. The van der Waals surface area contributed by atoms with E-state index in [2.05, 4.69) is 4.98 Å². The molecule has 4 rings (SSSR count). The van der Waals surface area contributed by atoms with E-state index in [1.54, 1.807) is 17.0 Å². The van der Waals surface area contributed by atoms with Gasteiger partial charge in [-0.15, -0.1) is 11.3 Å². The molecule has 1 amide bonds. The van der Waals surface area contributed by atoms with Crippen molar-refractivity contribution in [3.63, 3.8) is 0 Å². The summed E-state index contributed by atoms with van der Waals surface area (Å²) in [6.07, 6.45) is 1.81. The van der Waals surface area contributed by atoms with E-state index in [4.69, 9.17) is 4.74 Å². The molecule has 1 fully saturated rings. The smallest absolute Gasteiger partial charge is 0.263 e. The second-order valence-corrected chi connectivity index (χ2v) is 7.25. The van der Waals surface area contributed by atoms with Crippen LogP contribution in [0.15, 0.2) is 60.0 Å². The van der Waals surface area contributed by atoms with Crippen LogP contribution in [0.1, 0.15) is 23.2 Å². The highest BCUT2D eigenvalue weighted by atomic mass is 32.1. The summed E-state index contributed by atoms with van der Waals surface area (Å²) in [6.45, 7) is 1.06. The Morgan fingerprint density at radius 2 is 1.96 bits per heavy atom. The molecule has 1 aliphatic heterocycles. The number of benzene rings is 2. The first-order chi connectivity index (χ1) is 13.2. The molecule has 27 heavy (non-hydrogen) atoms.